The Morgan fingerprint density at radius 2 is 1.71 bits per heavy atom. The summed E-state index contributed by atoms with van der Waals surface area (Å²) in [6.07, 6.45) is 0.717. The van der Waals surface area contributed by atoms with E-state index < -0.39 is 0 Å². The first-order valence-corrected chi connectivity index (χ1v) is 7.50. The third-order valence-corrected chi connectivity index (χ3v) is 3.73. The fourth-order valence-electron chi connectivity index (χ4n) is 2.74. The van der Waals surface area contributed by atoms with Gasteiger partial charge in [0, 0.05) is 19.6 Å². The van der Waals surface area contributed by atoms with Crippen LogP contribution < -0.4 is 0 Å². The number of hydrogen-bond donors (Lipinski definition) is 0. The van der Waals surface area contributed by atoms with E-state index in [1.54, 1.807) is 0 Å². The van der Waals surface area contributed by atoms with Crippen LogP contribution >= 0.6 is 0 Å². The fourth-order valence-corrected chi connectivity index (χ4v) is 2.74. The van der Waals surface area contributed by atoms with E-state index >= 15 is 0 Å². The van der Waals surface area contributed by atoms with Crippen molar-refractivity contribution in [2.75, 3.05) is 6.61 Å². The third kappa shape index (κ3) is 3.50. The van der Waals surface area contributed by atoms with Crippen molar-refractivity contribution in [1.29, 1.82) is 0 Å². The molecule has 3 heteroatoms. The number of hydrogen-bond acceptors (Lipinski definition) is 3. The van der Waals surface area contributed by atoms with Gasteiger partial charge in [-0.25, -0.2) is 0 Å². The zero-order chi connectivity index (χ0) is 14.5. The number of nitrogens with zero attached hydrogens (tertiary/aromatic N) is 1. The molecule has 110 valence electrons. The summed E-state index contributed by atoms with van der Waals surface area (Å²) >= 11 is 0. The van der Waals surface area contributed by atoms with Crippen molar-refractivity contribution in [1.82, 2.24) is 5.06 Å². The zero-order valence-electron chi connectivity index (χ0n) is 12.3. The molecule has 0 N–H and O–H groups in total. The van der Waals surface area contributed by atoms with E-state index in [4.69, 9.17) is 9.57 Å². The molecule has 0 saturated carbocycles. The Hall–Kier alpha value is -1.68. The molecule has 0 spiro atoms. The number of rotatable bonds is 5. The highest BCUT2D eigenvalue weighted by atomic mass is 16.8. The maximum Gasteiger partial charge on any atom is 0.179 e. The van der Waals surface area contributed by atoms with E-state index in [9.17, 15) is 0 Å². The van der Waals surface area contributed by atoms with Gasteiger partial charge >= 0.3 is 0 Å². The number of benzene rings is 2. The van der Waals surface area contributed by atoms with Crippen LogP contribution in [0.4, 0.5) is 0 Å². The number of ether oxygens (including phenoxy) is 1. The van der Waals surface area contributed by atoms with Crippen LogP contribution in [0, 0.1) is 0 Å². The topological polar surface area (TPSA) is 21.7 Å². The quantitative estimate of drug-likeness (QED) is 0.830. The monoisotopic (exact) mass is 283 g/mol. The average Bonchev–Trinajstić information content (AvgIpc) is 2.92. The highest BCUT2D eigenvalue weighted by molar-refractivity contribution is 5.20. The Kier molecular flexibility index (Phi) is 4.65. The summed E-state index contributed by atoms with van der Waals surface area (Å²) < 4.78 is 5.66. The molecule has 1 aliphatic heterocycles. The molecule has 3 nitrogen and oxygen atoms in total. The zero-order valence-corrected chi connectivity index (χ0v) is 12.3. The van der Waals surface area contributed by atoms with Gasteiger partial charge in [0.05, 0.1) is 6.04 Å². The number of hydroxylamine groups is 2. The molecule has 0 unspecified atom stereocenters. The second-order valence-corrected chi connectivity index (χ2v) is 5.21. The van der Waals surface area contributed by atoms with Crippen LogP contribution in [0.2, 0.25) is 0 Å². The normalized spacial score (nSPS) is 22.5. The Labute approximate surface area is 126 Å². The second-order valence-electron chi connectivity index (χ2n) is 5.21. The molecule has 1 aliphatic rings. The molecule has 21 heavy (non-hydrogen) atoms. The molecule has 0 radical (unpaired) electrons. The standard InChI is InChI=1S/C18H21NO2/c1-2-20-18-13-17(16-11-7-4-8-12-16)19(21-18)14-15-9-5-3-6-10-15/h3-12,17-18H,2,13-14H2,1H3/t17-,18-/m1/s1. The van der Waals surface area contributed by atoms with Gasteiger partial charge in [-0.2, -0.15) is 5.06 Å². The van der Waals surface area contributed by atoms with Crippen LogP contribution in [0.15, 0.2) is 60.7 Å². The Morgan fingerprint density at radius 1 is 1.05 bits per heavy atom. The van der Waals surface area contributed by atoms with Gasteiger partial charge in [0.25, 0.3) is 0 Å². The second kappa shape index (κ2) is 6.85. The van der Waals surface area contributed by atoms with Gasteiger partial charge in [0.1, 0.15) is 0 Å². The molecule has 1 heterocycles. The lowest BCUT2D eigenvalue weighted by Gasteiger charge is -2.22. The lowest BCUT2D eigenvalue weighted by molar-refractivity contribution is -0.243. The molecule has 3 rings (SSSR count). The van der Waals surface area contributed by atoms with Crippen molar-refractivity contribution in [2.24, 2.45) is 0 Å². The Morgan fingerprint density at radius 3 is 2.38 bits per heavy atom. The van der Waals surface area contributed by atoms with E-state index in [1.165, 1.54) is 11.1 Å². The van der Waals surface area contributed by atoms with Crippen LogP contribution in [0.5, 0.6) is 0 Å². The first-order valence-electron chi connectivity index (χ1n) is 7.50. The van der Waals surface area contributed by atoms with Crippen molar-refractivity contribution < 1.29 is 9.57 Å². The largest absolute Gasteiger partial charge is 0.351 e. The smallest absolute Gasteiger partial charge is 0.179 e. The summed E-state index contributed by atoms with van der Waals surface area (Å²) in [6, 6.07) is 21.1. The molecule has 0 bridgehead atoms. The molecule has 1 fully saturated rings. The van der Waals surface area contributed by atoms with E-state index in [0.717, 1.165) is 13.0 Å². The summed E-state index contributed by atoms with van der Waals surface area (Å²) in [7, 11) is 0. The highest BCUT2D eigenvalue weighted by Gasteiger charge is 2.34. The van der Waals surface area contributed by atoms with Crippen LogP contribution in [0.1, 0.15) is 30.5 Å². The predicted octanol–water partition coefficient (Wildman–Crippen LogP) is 3.93. The van der Waals surface area contributed by atoms with Crippen molar-refractivity contribution in [3.63, 3.8) is 0 Å². The van der Waals surface area contributed by atoms with Gasteiger partial charge in [-0.05, 0) is 18.1 Å². The lowest BCUT2D eigenvalue weighted by atomic mass is 10.0. The molecular weight excluding hydrogens is 262 g/mol. The minimum atomic E-state index is -0.149. The molecule has 0 aliphatic carbocycles. The SMILES string of the molecule is CCO[C@H]1C[C@H](c2ccccc2)N(Cc2ccccc2)O1. The maximum atomic E-state index is 5.98. The van der Waals surface area contributed by atoms with Crippen LogP contribution in [0.25, 0.3) is 0 Å². The van der Waals surface area contributed by atoms with E-state index in [2.05, 4.69) is 48.5 Å². The highest BCUT2D eigenvalue weighted by Crippen LogP contribution is 2.35. The van der Waals surface area contributed by atoms with E-state index in [-0.39, 0.29) is 12.3 Å². The summed E-state index contributed by atoms with van der Waals surface area (Å²) in [5.41, 5.74) is 2.52. The van der Waals surface area contributed by atoms with Gasteiger partial charge in [0.15, 0.2) is 6.29 Å². The summed E-state index contributed by atoms with van der Waals surface area (Å²) in [5, 5.41) is 2.05. The predicted molar refractivity (Wildman–Crippen MR) is 82.3 cm³/mol. The summed E-state index contributed by atoms with van der Waals surface area (Å²) in [6.45, 7) is 3.44. The minimum absolute atomic E-state index is 0.149. The first kappa shape index (κ1) is 14.3. The van der Waals surface area contributed by atoms with Gasteiger partial charge < -0.3 is 4.74 Å². The molecule has 2 aromatic carbocycles. The van der Waals surface area contributed by atoms with Crippen molar-refractivity contribution >= 4 is 0 Å². The maximum absolute atomic E-state index is 5.98. The van der Waals surface area contributed by atoms with Gasteiger partial charge in [-0.1, -0.05) is 60.7 Å². The van der Waals surface area contributed by atoms with Crippen LogP contribution in [-0.2, 0) is 16.1 Å². The fraction of sp³-hybridized carbons (Fsp3) is 0.333. The Bertz CT molecular complexity index is 544. The van der Waals surface area contributed by atoms with E-state index in [0.29, 0.717) is 6.61 Å². The lowest BCUT2D eigenvalue weighted by Crippen LogP contribution is -2.22. The van der Waals surface area contributed by atoms with Gasteiger partial charge in [0.2, 0.25) is 0 Å². The third-order valence-electron chi connectivity index (χ3n) is 3.73. The van der Waals surface area contributed by atoms with Gasteiger partial charge in [-0.15, -0.1) is 0 Å². The van der Waals surface area contributed by atoms with Crippen LogP contribution in [0.3, 0.4) is 0 Å². The summed E-state index contributed by atoms with van der Waals surface area (Å²) in [4.78, 5) is 5.98. The van der Waals surface area contributed by atoms with Crippen molar-refractivity contribution in [3.05, 3.63) is 71.8 Å². The molecule has 2 aromatic rings. The average molecular weight is 283 g/mol. The molecule has 0 aromatic heterocycles. The Balaban J connectivity index is 1.78. The van der Waals surface area contributed by atoms with Gasteiger partial charge in [-0.3, -0.25) is 4.84 Å². The first-order chi connectivity index (χ1) is 10.4. The van der Waals surface area contributed by atoms with Crippen molar-refractivity contribution in [2.45, 2.75) is 32.2 Å². The van der Waals surface area contributed by atoms with Crippen molar-refractivity contribution in [3.8, 4) is 0 Å². The minimum Gasteiger partial charge on any atom is -0.351 e. The molecular formula is C18H21NO2. The molecule has 0 amide bonds. The summed E-state index contributed by atoms with van der Waals surface area (Å²) in [5.74, 6) is 0. The molecule has 1 saturated heterocycles. The molecule has 2 atom stereocenters. The van der Waals surface area contributed by atoms with E-state index in [1.807, 2.05) is 24.1 Å². The van der Waals surface area contributed by atoms with Crippen LogP contribution in [-0.4, -0.2) is 18.0 Å².